The molecule has 5 nitrogen and oxygen atoms in total. The Kier molecular flexibility index (Phi) is 3.25. The van der Waals surface area contributed by atoms with Gasteiger partial charge in [-0.3, -0.25) is 4.79 Å². The van der Waals surface area contributed by atoms with Crippen molar-refractivity contribution in [2.75, 3.05) is 0 Å². The minimum absolute atomic E-state index is 0.107. The first-order valence-electron chi connectivity index (χ1n) is 6.48. The van der Waals surface area contributed by atoms with Crippen LogP contribution in [0.5, 0.6) is 0 Å². The van der Waals surface area contributed by atoms with E-state index in [-0.39, 0.29) is 12.0 Å². The molecule has 5 heteroatoms. The monoisotopic (exact) mass is 255 g/mol. The first-order valence-corrected chi connectivity index (χ1v) is 6.48. The molecule has 3 saturated carbocycles. The summed E-state index contributed by atoms with van der Waals surface area (Å²) in [5, 5.41) is 11.9. The van der Waals surface area contributed by atoms with Crippen LogP contribution in [0.25, 0.3) is 0 Å². The highest BCUT2D eigenvalue weighted by molar-refractivity contribution is 5.71. The summed E-state index contributed by atoms with van der Waals surface area (Å²) in [7, 11) is 0. The molecular weight excluding hydrogens is 234 g/mol. The highest BCUT2D eigenvalue weighted by atomic mass is 16.6. The van der Waals surface area contributed by atoms with Crippen molar-refractivity contribution in [3.05, 3.63) is 0 Å². The van der Waals surface area contributed by atoms with Gasteiger partial charge in [-0.05, 0) is 51.9 Å². The van der Waals surface area contributed by atoms with Crippen LogP contribution in [0.3, 0.4) is 0 Å². The highest BCUT2D eigenvalue weighted by Crippen LogP contribution is 2.48. The molecule has 102 valence electrons. The fourth-order valence-electron chi connectivity index (χ4n) is 3.06. The summed E-state index contributed by atoms with van der Waals surface area (Å²) in [4.78, 5) is 22.6. The summed E-state index contributed by atoms with van der Waals surface area (Å²) in [6, 6.07) is 0.107. The molecule has 0 aromatic carbocycles. The van der Waals surface area contributed by atoms with Crippen LogP contribution < -0.4 is 5.32 Å². The third-order valence-electron chi connectivity index (χ3n) is 3.83. The standard InChI is InChI=1S/C13H21NO4/c1-13(2,3)18-12(17)14-10-7-4-8(10)6-9(5-7)11(15)16/h7-10H,4-6H2,1-3H3,(H,14,17)(H,15,16). The van der Waals surface area contributed by atoms with Crippen LogP contribution in [0.2, 0.25) is 0 Å². The van der Waals surface area contributed by atoms with E-state index >= 15 is 0 Å². The van der Waals surface area contributed by atoms with Gasteiger partial charge in [-0.1, -0.05) is 0 Å². The van der Waals surface area contributed by atoms with Gasteiger partial charge in [-0.15, -0.1) is 0 Å². The van der Waals surface area contributed by atoms with Crippen LogP contribution in [0.4, 0.5) is 4.79 Å². The average Bonchev–Trinajstić information content (AvgIpc) is 2.23. The second kappa shape index (κ2) is 4.44. The Morgan fingerprint density at radius 3 is 2.17 bits per heavy atom. The molecule has 0 saturated heterocycles. The molecule has 3 aliphatic rings. The van der Waals surface area contributed by atoms with Crippen LogP contribution in [0, 0.1) is 17.8 Å². The molecule has 0 radical (unpaired) electrons. The van der Waals surface area contributed by atoms with Crippen LogP contribution in [-0.4, -0.2) is 28.8 Å². The maximum absolute atomic E-state index is 11.7. The Bertz CT molecular complexity index is 348. The van der Waals surface area contributed by atoms with Gasteiger partial charge in [0.1, 0.15) is 5.60 Å². The Morgan fingerprint density at radius 2 is 1.72 bits per heavy atom. The van der Waals surface area contributed by atoms with Crippen LogP contribution in [0.1, 0.15) is 40.0 Å². The first kappa shape index (κ1) is 13.2. The number of hydrogen-bond acceptors (Lipinski definition) is 3. The third-order valence-corrected chi connectivity index (χ3v) is 3.83. The maximum atomic E-state index is 11.7. The van der Waals surface area contributed by atoms with E-state index in [1.54, 1.807) is 0 Å². The van der Waals surface area contributed by atoms with E-state index in [9.17, 15) is 9.59 Å². The average molecular weight is 255 g/mol. The molecule has 0 aromatic heterocycles. The highest BCUT2D eigenvalue weighted by Gasteiger charge is 2.49. The van der Waals surface area contributed by atoms with E-state index in [2.05, 4.69) is 5.32 Å². The van der Waals surface area contributed by atoms with Gasteiger partial charge < -0.3 is 15.2 Å². The van der Waals surface area contributed by atoms with E-state index in [0.29, 0.717) is 24.7 Å². The van der Waals surface area contributed by atoms with Crippen molar-refractivity contribution >= 4 is 12.1 Å². The number of carbonyl (C=O) groups excluding carboxylic acids is 1. The van der Waals surface area contributed by atoms with E-state index < -0.39 is 17.7 Å². The number of carbonyl (C=O) groups is 2. The van der Waals surface area contributed by atoms with Crippen molar-refractivity contribution < 1.29 is 19.4 Å². The third kappa shape index (κ3) is 2.76. The number of rotatable bonds is 2. The summed E-state index contributed by atoms with van der Waals surface area (Å²) in [5.74, 6) is -0.333. The number of carboxylic acids is 1. The van der Waals surface area contributed by atoms with Gasteiger partial charge in [0, 0.05) is 6.04 Å². The summed E-state index contributed by atoms with van der Waals surface area (Å²) >= 11 is 0. The van der Waals surface area contributed by atoms with E-state index in [1.165, 1.54) is 0 Å². The zero-order chi connectivity index (χ0) is 13.5. The number of alkyl carbamates (subject to hydrolysis) is 1. The Labute approximate surface area is 107 Å². The summed E-state index contributed by atoms with van der Waals surface area (Å²) in [5.41, 5.74) is -0.494. The van der Waals surface area contributed by atoms with Crippen LogP contribution >= 0.6 is 0 Å². The van der Waals surface area contributed by atoms with Gasteiger partial charge in [0.05, 0.1) is 5.92 Å². The number of carboxylic acid groups (broad SMARTS) is 1. The summed E-state index contributed by atoms with van der Waals surface area (Å²) < 4.78 is 5.22. The predicted octanol–water partition coefficient (Wildman–Crippen LogP) is 2.01. The molecule has 3 rings (SSSR count). The van der Waals surface area contributed by atoms with Gasteiger partial charge in [-0.25, -0.2) is 4.79 Å². The van der Waals surface area contributed by atoms with Crippen molar-refractivity contribution in [2.24, 2.45) is 17.8 Å². The molecule has 2 N–H and O–H groups in total. The molecule has 2 atom stereocenters. The molecule has 0 aromatic rings. The number of hydrogen-bond donors (Lipinski definition) is 2. The van der Waals surface area contributed by atoms with Gasteiger partial charge in [0.25, 0.3) is 0 Å². The van der Waals surface area contributed by atoms with Crippen molar-refractivity contribution in [1.82, 2.24) is 5.32 Å². The normalized spacial score (nSPS) is 34.4. The molecule has 2 unspecified atom stereocenters. The molecule has 1 amide bonds. The Hall–Kier alpha value is -1.26. The zero-order valence-corrected chi connectivity index (χ0v) is 11.1. The fraction of sp³-hybridized carbons (Fsp3) is 0.846. The Balaban J connectivity index is 1.84. The van der Waals surface area contributed by atoms with Gasteiger partial charge in [-0.2, -0.15) is 0 Å². The largest absolute Gasteiger partial charge is 0.481 e. The SMILES string of the molecule is CC(C)(C)OC(=O)NC1C2CC(C(=O)O)CC1C2. The van der Waals surface area contributed by atoms with E-state index in [1.807, 2.05) is 20.8 Å². The van der Waals surface area contributed by atoms with Crippen molar-refractivity contribution in [2.45, 2.75) is 51.7 Å². The second-order valence-electron chi connectivity index (χ2n) is 6.43. The first-order chi connectivity index (χ1) is 8.26. The van der Waals surface area contributed by atoms with Gasteiger partial charge in [0.15, 0.2) is 0 Å². The smallest absolute Gasteiger partial charge is 0.407 e. The summed E-state index contributed by atoms with van der Waals surface area (Å²) in [6.07, 6.45) is 1.99. The van der Waals surface area contributed by atoms with Crippen molar-refractivity contribution in [3.8, 4) is 0 Å². The predicted molar refractivity (Wildman–Crippen MR) is 65.1 cm³/mol. The molecule has 3 fully saturated rings. The topological polar surface area (TPSA) is 75.6 Å². The number of aliphatic carboxylic acids is 1. The van der Waals surface area contributed by atoms with E-state index in [0.717, 1.165) is 6.42 Å². The molecule has 3 aliphatic carbocycles. The molecule has 18 heavy (non-hydrogen) atoms. The maximum Gasteiger partial charge on any atom is 0.407 e. The minimum Gasteiger partial charge on any atom is -0.481 e. The minimum atomic E-state index is -0.708. The number of nitrogens with one attached hydrogen (secondary N) is 1. The van der Waals surface area contributed by atoms with E-state index in [4.69, 9.17) is 9.84 Å². The van der Waals surface area contributed by atoms with Crippen LogP contribution in [-0.2, 0) is 9.53 Å². The lowest BCUT2D eigenvalue weighted by Crippen LogP contribution is -2.58. The lowest BCUT2D eigenvalue weighted by molar-refractivity contribution is -0.147. The van der Waals surface area contributed by atoms with Gasteiger partial charge >= 0.3 is 12.1 Å². The number of ether oxygens (including phenoxy) is 1. The van der Waals surface area contributed by atoms with Crippen molar-refractivity contribution in [1.29, 1.82) is 0 Å². The molecule has 0 heterocycles. The zero-order valence-electron chi connectivity index (χ0n) is 11.1. The fourth-order valence-corrected chi connectivity index (χ4v) is 3.06. The molecular formula is C13H21NO4. The molecule has 0 spiro atoms. The Morgan fingerprint density at radius 1 is 1.17 bits per heavy atom. The van der Waals surface area contributed by atoms with Crippen molar-refractivity contribution in [3.63, 3.8) is 0 Å². The number of fused-ring (bicyclic) bond motifs is 2. The lowest BCUT2D eigenvalue weighted by Gasteiger charge is -2.51. The molecule has 0 aliphatic heterocycles. The summed E-state index contributed by atoms with van der Waals surface area (Å²) in [6.45, 7) is 5.48. The quantitative estimate of drug-likeness (QED) is 0.791. The van der Waals surface area contributed by atoms with Gasteiger partial charge in [0.2, 0.25) is 0 Å². The van der Waals surface area contributed by atoms with Crippen LogP contribution in [0.15, 0.2) is 0 Å². The number of amides is 1. The second-order valence-corrected chi connectivity index (χ2v) is 6.43. The lowest BCUT2D eigenvalue weighted by atomic mass is 9.58. The molecule has 2 bridgehead atoms.